The molecule has 0 spiro atoms. The van der Waals surface area contributed by atoms with Crippen molar-refractivity contribution in [3.05, 3.63) is 40.2 Å². The summed E-state index contributed by atoms with van der Waals surface area (Å²) in [5, 5.41) is 25.8. The van der Waals surface area contributed by atoms with Crippen molar-refractivity contribution in [3.8, 4) is 5.69 Å². The Hall–Kier alpha value is -2.41. The van der Waals surface area contributed by atoms with Crippen LogP contribution in [0.2, 0.25) is 5.02 Å². The van der Waals surface area contributed by atoms with Gasteiger partial charge in [0.05, 0.1) is 22.0 Å². The number of rotatable bonds is 4. The second-order valence-corrected chi connectivity index (χ2v) is 5.07. The van der Waals surface area contributed by atoms with Crippen molar-refractivity contribution in [3.63, 3.8) is 0 Å². The highest BCUT2D eigenvalue weighted by Crippen LogP contribution is 2.24. The third-order valence-electron chi connectivity index (χ3n) is 2.88. The monoisotopic (exact) mass is 309 g/mol. The van der Waals surface area contributed by atoms with Crippen LogP contribution in [0.25, 0.3) is 5.69 Å². The van der Waals surface area contributed by atoms with Gasteiger partial charge in [0.25, 0.3) is 0 Å². The van der Waals surface area contributed by atoms with Gasteiger partial charge in [-0.3, -0.25) is 0 Å². The van der Waals surface area contributed by atoms with Crippen LogP contribution in [0.5, 0.6) is 0 Å². The van der Waals surface area contributed by atoms with Crippen LogP contribution in [0.15, 0.2) is 18.2 Å². The van der Waals surface area contributed by atoms with E-state index in [0.717, 1.165) is 0 Å². The molecule has 1 aromatic heterocycles. The van der Waals surface area contributed by atoms with E-state index < -0.39 is 11.9 Å². The van der Waals surface area contributed by atoms with Crippen LogP contribution in [-0.2, 0) is 0 Å². The van der Waals surface area contributed by atoms with E-state index in [1.165, 1.54) is 16.8 Å². The molecule has 0 aliphatic heterocycles. The molecule has 0 saturated carbocycles. The van der Waals surface area contributed by atoms with E-state index in [4.69, 9.17) is 21.8 Å². The molecule has 0 bridgehead atoms. The molecule has 0 saturated heterocycles. The van der Waals surface area contributed by atoms with Gasteiger partial charge < -0.3 is 10.2 Å². The smallest absolute Gasteiger partial charge is 0.358 e. The van der Waals surface area contributed by atoms with Gasteiger partial charge >= 0.3 is 11.9 Å². The van der Waals surface area contributed by atoms with Crippen molar-refractivity contribution < 1.29 is 19.8 Å². The molecule has 0 radical (unpaired) electrons. The number of hydrogen-bond acceptors (Lipinski definition) is 4. The minimum Gasteiger partial charge on any atom is -0.478 e. The number of carbonyl (C=O) groups is 2. The quantitative estimate of drug-likeness (QED) is 0.898. The van der Waals surface area contributed by atoms with Crippen LogP contribution in [0.1, 0.15) is 46.3 Å². The topological polar surface area (TPSA) is 105 Å². The Morgan fingerprint density at radius 2 is 1.90 bits per heavy atom. The van der Waals surface area contributed by atoms with E-state index in [-0.39, 0.29) is 22.2 Å². The molecule has 2 aromatic rings. The molecule has 1 heterocycles. The largest absolute Gasteiger partial charge is 0.478 e. The highest BCUT2D eigenvalue weighted by atomic mass is 35.5. The maximum absolute atomic E-state index is 11.2. The van der Waals surface area contributed by atoms with Crippen LogP contribution < -0.4 is 0 Å². The van der Waals surface area contributed by atoms with Gasteiger partial charge in [-0.15, -0.1) is 5.10 Å². The standard InChI is InChI=1S/C13H12ClN3O4/c1-6(2)11-10(13(20)21)15-16-17(11)7-3-4-9(14)8(5-7)12(18)19/h3-6H,1-2H3,(H,18,19)(H,20,21). The predicted octanol–water partition coefficient (Wildman–Crippen LogP) is 2.44. The first-order valence-electron chi connectivity index (χ1n) is 6.05. The average Bonchev–Trinajstić information content (AvgIpc) is 2.83. The van der Waals surface area contributed by atoms with E-state index >= 15 is 0 Å². The van der Waals surface area contributed by atoms with Gasteiger partial charge in [0.15, 0.2) is 5.69 Å². The third-order valence-corrected chi connectivity index (χ3v) is 3.21. The number of carboxylic acid groups (broad SMARTS) is 2. The summed E-state index contributed by atoms with van der Waals surface area (Å²) in [4.78, 5) is 22.3. The summed E-state index contributed by atoms with van der Waals surface area (Å²) in [5.74, 6) is -2.51. The summed E-state index contributed by atoms with van der Waals surface area (Å²) in [6, 6.07) is 4.31. The number of carboxylic acids is 2. The summed E-state index contributed by atoms with van der Waals surface area (Å²) in [6.07, 6.45) is 0. The van der Waals surface area contributed by atoms with Gasteiger partial charge in [0.2, 0.25) is 0 Å². The molecule has 2 N–H and O–H groups in total. The Morgan fingerprint density at radius 3 is 2.43 bits per heavy atom. The van der Waals surface area contributed by atoms with Crippen LogP contribution >= 0.6 is 11.6 Å². The van der Waals surface area contributed by atoms with Gasteiger partial charge in [-0.25, -0.2) is 14.3 Å². The zero-order valence-electron chi connectivity index (χ0n) is 11.2. The Balaban J connectivity index is 2.65. The molecule has 2 rings (SSSR count). The van der Waals surface area contributed by atoms with Gasteiger partial charge in [-0.1, -0.05) is 30.7 Å². The molecule has 0 aliphatic carbocycles. The number of aromatic nitrogens is 3. The van der Waals surface area contributed by atoms with Crippen molar-refractivity contribution in [2.45, 2.75) is 19.8 Å². The highest BCUT2D eigenvalue weighted by Gasteiger charge is 2.23. The summed E-state index contributed by atoms with van der Waals surface area (Å²) < 4.78 is 1.32. The Kier molecular flexibility index (Phi) is 3.95. The minimum absolute atomic E-state index is 0.0868. The number of nitrogens with zero attached hydrogens (tertiary/aromatic N) is 3. The average molecular weight is 310 g/mol. The van der Waals surface area contributed by atoms with Gasteiger partial charge in [-0.2, -0.15) is 0 Å². The minimum atomic E-state index is -1.18. The zero-order valence-corrected chi connectivity index (χ0v) is 12.0. The lowest BCUT2D eigenvalue weighted by Crippen LogP contribution is -2.09. The maximum Gasteiger partial charge on any atom is 0.358 e. The van der Waals surface area contributed by atoms with Crippen LogP contribution in [0.4, 0.5) is 0 Å². The van der Waals surface area contributed by atoms with Gasteiger partial charge in [0, 0.05) is 0 Å². The Labute approximate surface area is 124 Å². The van der Waals surface area contributed by atoms with Crippen molar-refractivity contribution in [1.29, 1.82) is 0 Å². The number of benzene rings is 1. The summed E-state index contributed by atoms with van der Waals surface area (Å²) >= 11 is 5.82. The van der Waals surface area contributed by atoms with Crippen molar-refractivity contribution in [1.82, 2.24) is 15.0 Å². The lowest BCUT2D eigenvalue weighted by molar-refractivity contribution is 0.0681. The van der Waals surface area contributed by atoms with Crippen LogP contribution in [0, 0.1) is 0 Å². The van der Waals surface area contributed by atoms with Crippen molar-refractivity contribution >= 4 is 23.5 Å². The maximum atomic E-state index is 11.2. The molecule has 0 fully saturated rings. The summed E-state index contributed by atoms with van der Waals surface area (Å²) in [5.41, 5.74) is 0.537. The molecule has 21 heavy (non-hydrogen) atoms. The third kappa shape index (κ3) is 2.73. The van der Waals surface area contributed by atoms with Crippen molar-refractivity contribution in [2.75, 3.05) is 0 Å². The Bertz CT molecular complexity index is 724. The lowest BCUT2D eigenvalue weighted by Gasteiger charge is -2.11. The van der Waals surface area contributed by atoms with E-state index in [0.29, 0.717) is 11.4 Å². The van der Waals surface area contributed by atoms with E-state index in [1.807, 2.05) is 0 Å². The fraction of sp³-hybridized carbons (Fsp3) is 0.231. The molecule has 7 nitrogen and oxygen atoms in total. The fourth-order valence-corrected chi connectivity index (χ4v) is 2.16. The number of hydrogen-bond donors (Lipinski definition) is 2. The molecular weight excluding hydrogens is 298 g/mol. The van der Waals surface area contributed by atoms with E-state index in [1.54, 1.807) is 19.9 Å². The first-order valence-corrected chi connectivity index (χ1v) is 6.42. The highest BCUT2D eigenvalue weighted by molar-refractivity contribution is 6.33. The number of aromatic carboxylic acids is 2. The fourth-order valence-electron chi connectivity index (χ4n) is 1.96. The second-order valence-electron chi connectivity index (χ2n) is 4.66. The van der Waals surface area contributed by atoms with E-state index in [2.05, 4.69) is 10.3 Å². The SMILES string of the molecule is CC(C)c1c(C(=O)O)nnn1-c1ccc(Cl)c(C(=O)O)c1. The molecule has 0 amide bonds. The van der Waals surface area contributed by atoms with Gasteiger partial charge in [-0.05, 0) is 24.1 Å². The molecule has 0 unspecified atom stereocenters. The number of halogens is 1. The van der Waals surface area contributed by atoms with Gasteiger partial charge in [0.1, 0.15) is 0 Å². The molecule has 110 valence electrons. The van der Waals surface area contributed by atoms with E-state index in [9.17, 15) is 9.59 Å². The lowest BCUT2D eigenvalue weighted by atomic mass is 10.1. The molecule has 0 atom stereocenters. The van der Waals surface area contributed by atoms with Crippen molar-refractivity contribution in [2.24, 2.45) is 0 Å². The molecule has 8 heteroatoms. The Morgan fingerprint density at radius 1 is 1.24 bits per heavy atom. The second kappa shape index (κ2) is 5.53. The normalized spacial score (nSPS) is 10.9. The first-order chi connectivity index (χ1) is 9.82. The van der Waals surface area contributed by atoms with Crippen LogP contribution in [-0.4, -0.2) is 37.1 Å². The zero-order chi connectivity index (χ0) is 15.7. The summed E-state index contributed by atoms with van der Waals surface area (Å²) in [7, 11) is 0. The first kappa shape index (κ1) is 15.0. The molecule has 1 aromatic carbocycles. The molecule has 0 aliphatic rings. The molecular formula is C13H12ClN3O4. The predicted molar refractivity (Wildman–Crippen MR) is 74.4 cm³/mol. The van der Waals surface area contributed by atoms with Crippen LogP contribution in [0.3, 0.4) is 0 Å². The summed E-state index contributed by atoms with van der Waals surface area (Å²) in [6.45, 7) is 3.60.